The van der Waals surface area contributed by atoms with E-state index >= 15 is 0 Å². The molecule has 1 aliphatic rings. The Morgan fingerprint density at radius 2 is 1.62 bits per heavy atom. The van der Waals surface area contributed by atoms with Gasteiger partial charge in [0.1, 0.15) is 17.4 Å². The van der Waals surface area contributed by atoms with Crippen LogP contribution >= 0.6 is 11.8 Å². The van der Waals surface area contributed by atoms with Crippen molar-refractivity contribution in [3.8, 4) is 5.75 Å². The summed E-state index contributed by atoms with van der Waals surface area (Å²) in [6.07, 6.45) is -5.65. The molecule has 228 valence electrons. The molecule has 0 spiro atoms. The molecule has 3 N–H and O–H groups in total. The van der Waals surface area contributed by atoms with Gasteiger partial charge in [0, 0.05) is 21.6 Å². The number of halogens is 3. The van der Waals surface area contributed by atoms with Crippen LogP contribution in [0, 0.1) is 5.41 Å². The number of benzene rings is 2. The van der Waals surface area contributed by atoms with E-state index in [1.807, 2.05) is 0 Å². The van der Waals surface area contributed by atoms with Crippen molar-refractivity contribution in [1.29, 1.82) is 0 Å². The van der Waals surface area contributed by atoms with Gasteiger partial charge < -0.3 is 19.7 Å². The van der Waals surface area contributed by atoms with Crippen molar-refractivity contribution in [3.05, 3.63) is 53.6 Å². The number of nitrogens with one attached hydrogen (secondary N) is 3. The summed E-state index contributed by atoms with van der Waals surface area (Å²) in [7, 11) is 0. The molecule has 0 aliphatic carbocycles. The molecule has 0 aromatic heterocycles. The van der Waals surface area contributed by atoms with Crippen LogP contribution in [0.4, 0.5) is 23.7 Å². The number of anilines is 1. The van der Waals surface area contributed by atoms with E-state index < -0.39 is 53.0 Å². The second kappa shape index (κ2) is 12.5. The van der Waals surface area contributed by atoms with Gasteiger partial charge >= 0.3 is 12.5 Å². The average Bonchev–Trinajstić information content (AvgIpc) is 2.97. The lowest BCUT2D eigenvalue weighted by Gasteiger charge is -2.27. The highest BCUT2D eigenvalue weighted by Crippen LogP contribution is 2.36. The highest BCUT2D eigenvalue weighted by atomic mass is 32.2. The average molecular weight is 611 g/mol. The SMILES string of the molecule is CC(C)(C)OC(=O)N[C@H]1CSc2ccc(C(=O)NNC(=O)C(C)(C)C)cc2N(Cc2ccc(OC(F)(F)F)cc2)C1=O. The Hall–Kier alpha value is -3.94. The standard InChI is InChI=1S/C28H33F3N4O6S/c1-26(2,3)24(38)34-33-22(36)17-9-12-21-20(13-17)35(14-16-7-10-18(11-8-16)40-28(29,30)31)23(37)19(15-42-21)32-25(39)41-27(4,5)6/h7-13,19H,14-15H2,1-6H3,(H,32,39)(H,33,36)(H,34,38)/t19-/m0/s1. The van der Waals surface area contributed by atoms with Gasteiger partial charge in [0.15, 0.2) is 0 Å². The minimum absolute atomic E-state index is 0.100. The molecule has 42 heavy (non-hydrogen) atoms. The molecule has 4 amide bonds. The Labute approximate surface area is 245 Å². The van der Waals surface area contributed by atoms with Gasteiger partial charge in [-0.3, -0.25) is 25.2 Å². The van der Waals surface area contributed by atoms with Crippen LogP contribution in [0.2, 0.25) is 0 Å². The fraction of sp³-hybridized carbons (Fsp3) is 0.429. The lowest BCUT2D eigenvalue weighted by molar-refractivity contribution is -0.274. The number of thioether (sulfide) groups is 1. The van der Waals surface area contributed by atoms with Crippen molar-refractivity contribution in [3.63, 3.8) is 0 Å². The first-order chi connectivity index (χ1) is 19.3. The third-order valence-corrected chi connectivity index (χ3v) is 6.80. The van der Waals surface area contributed by atoms with Crippen molar-refractivity contribution >= 4 is 41.3 Å². The van der Waals surface area contributed by atoms with Crippen LogP contribution in [0.3, 0.4) is 0 Å². The van der Waals surface area contributed by atoms with Crippen molar-refractivity contribution in [2.45, 2.75) is 71.0 Å². The highest BCUT2D eigenvalue weighted by molar-refractivity contribution is 7.99. The van der Waals surface area contributed by atoms with Gasteiger partial charge in [0.05, 0.1) is 12.2 Å². The van der Waals surface area contributed by atoms with Crippen molar-refractivity contribution < 1.29 is 41.8 Å². The smallest absolute Gasteiger partial charge is 0.444 e. The summed E-state index contributed by atoms with van der Waals surface area (Å²) in [5.74, 6) is -1.85. The van der Waals surface area contributed by atoms with Crippen LogP contribution in [-0.4, -0.2) is 47.6 Å². The number of rotatable bonds is 5. The summed E-state index contributed by atoms with van der Waals surface area (Å²) in [4.78, 5) is 53.3. The number of fused-ring (bicyclic) bond motifs is 1. The van der Waals surface area contributed by atoms with Gasteiger partial charge in [-0.15, -0.1) is 24.9 Å². The minimum Gasteiger partial charge on any atom is -0.444 e. The largest absolute Gasteiger partial charge is 0.573 e. The number of hydrazine groups is 1. The highest BCUT2D eigenvalue weighted by Gasteiger charge is 2.34. The van der Waals surface area contributed by atoms with E-state index in [4.69, 9.17) is 4.74 Å². The number of carbonyl (C=O) groups is 4. The van der Waals surface area contributed by atoms with E-state index in [0.29, 0.717) is 16.1 Å². The molecule has 1 heterocycles. The first kappa shape index (κ1) is 32.6. The molecule has 14 heteroatoms. The predicted molar refractivity (Wildman–Crippen MR) is 150 cm³/mol. The molecular weight excluding hydrogens is 577 g/mol. The van der Waals surface area contributed by atoms with Crippen LogP contribution < -0.4 is 25.8 Å². The Bertz CT molecular complexity index is 1340. The number of alkyl carbamates (subject to hydrolysis) is 1. The van der Waals surface area contributed by atoms with Gasteiger partial charge in [-0.1, -0.05) is 32.9 Å². The molecule has 2 aromatic rings. The maximum absolute atomic E-state index is 13.8. The summed E-state index contributed by atoms with van der Waals surface area (Å²) >= 11 is 1.27. The molecule has 0 saturated carbocycles. The summed E-state index contributed by atoms with van der Waals surface area (Å²) in [5, 5.41) is 2.59. The number of nitrogens with zero attached hydrogens (tertiary/aromatic N) is 1. The molecule has 0 fully saturated rings. The first-order valence-electron chi connectivity index (χ1n) is 12.9. The van der Waals surface area contributed by atoms with E-state index in [2.05, 4.69) is 20.9 Å². The normalized spacial score (nSPS) is 15.7. The Morgan fingerprint density at radius 3 is 2.19 bits per heavy atom. The van der Waals surface area contributed by atoms with Gasteiger partial charge in [0.25, 0.3) is 11.8 Å². The van der Waals surface area contributed by atoms with Crippen LogP contribution in [0.15, 0.2) is 47.4 Å². The Kier molecular flexibility index (Phi) is 9.70. The molecule has 1 aliphatic heterocycles. The van der Waals surface area contributed by atoms with Gasteiger partial charge in [-0.05, 0) is 56.7 Å². The third-order valence-electron chi connectivity index (χ3n) is 5.64. The van der Waals surface area contributed by atoms with E-state index in [-0.39, 0.29) is 17.9 Å². The fourth-order valence-electron chi connectivity index (χ4n) is 3.61. The molecular formula is C28H33F3N4O6S. The topological polar surface area (TPSA) is 126 Å². The number of hydrogen-bond acceptors (Lipinski definition) is 7. The Balaban J connectivity index is 1.93. The van der Waals surface area contributed by atoms with Crippen LogP contribution in [-0.2, 0) is 20.9 Å². The Morgan fingerprint density at radius 1 is 0.976 bits per heavy atom. The minimum atomic E-state index is -4.86. The zero-order valence-electron chi connectivity index (χ0n) is 24.0. The monoisotopic (exact) mass is 610 g/mol. The van der Waals surface area contributed by atoms with E-state index in [9.17, 15) is 32.3 Å². The zero-order chi connectivity index (χ0) is 31.5. The van der Waals surface area contributed by atoms with Crippen molar-refractivity contribution in [2.75, 3.05) is 10.7 Å². The molecule has 10 nitrogen and oxygen atoms in total. The van der Waals surface area contributed by atoms with Gasteiger partial charge in [-0.25, -0.2) is 4.79 Å². The molecule has 3 rings (SSSR count). The van der Waals surface area contributed by atoms with E-state index in [0.717, 1.165) is 12.1 Å². The summed E-state index contributed by atoms with van der Waals surface area (Å²) in [5.41, 5.74) is 4.09. The van der Waals surface area contributed by atoms with Gasteiger partial charge in [-0.2, -0.15) is 0 Å². The van der Waals surface area contributed by atoms with Gasteiger partial charge in [0.2, 0.25) is 5.91 Å². The lowest BCUT2D eigenvalue weighted by Crippen LogP contribution is -2.50. The summed E-state index contributed by atoms with van der Waals surface area (Å²) < 4.78 is 47.1. The molecule has 2 aromatic carbocycles. The number of carbonyl (C=O) groups excluding carboxylic acids is 4. The predicted octanol–water partition coefficient (Wildman–Crippen LogP) is 4.92. The number of ether oxygens (including phenoxy) is 2. The molecule has 0 bridgehead atoms. The van der Waals surface area contributed by atoms with Crippen molar-refractivity contribution in [1.82, 2.24) is 16.2 Å². The van der Waals surface area contributed by atoms with Crippen molar-refractivity contribution in [2.24, 2.45) is 5.41 Å². The number of alkyl halides is 3. The molecule has 0 radical (unpaired) electrons. The summed E-state index contributed by atoms with van der Waals surface area (Å²) in [6.45, 7) is 9.99. The number of hydrogen-bond donors (Lipinski definition) is 3. The maximum Gasteiger partial charge on any atom is 0.573 e. The van der Waals surface area contributed by atoms with E-state index in [1.54, 1.807) is 47.6 Å². The lowest BCUT2D eigenvalue weighted by atomic mass is 9.96. The molecule has 0 unspecified atom stereocenters. The van der Waals surface area contributed by atoms with Crippen LogP contribution in [0.25, 0.3) is 0 Å². The second-order valence-electron chi connectivity index (χ2n) is 11.5. The van der Waals surface area contributed by atoms with Crippen LogP contribution in [0.5, 0.6) is 5.75 Å². The third kappa shape index (κ3) is 9.29. The second-order valence-corrected chi connectivity index (χ2v) is 12.5. The molecule has 0 saturated heterocycles. The number of amides is 4. The van der Waals surface area contributed by atoms with Crippen LogP contribution in [0.1, 0.15) is 57.5 Å². The summed E-state index contributed by atoms with van der Waals surface area (Å²) in [6, 6.07) is 8.61. The first-order valence-corrected chi connectivity index (χ1v) is 13.8. The van der Waals surface area contributed by atoms with E-state index in [1.165, 1.54) is 40.9 Å². The zero-order valence-corrected chi connectivity index (χ0v) is 24.8. The maximum atomic E-state index is 13.8. The quantitative estimate of drug-likeness (QED) is 0.410. The fourth-order valence-corrected chi connectivity index (χ4v) is 4.66. The molecule has 1 atom stereocenters.